The molecule has 0 aliphatic rings. The molecule has 0 unspecified atom stereocenters. The summed E-state index contributed by atoms with van der Waals surface area (Å²) in [6.45, 7) is 1.59. The number of halogens is 1. The van der Waals surface area contributed by atoms with Crippen LogP contribution in [-0.4, -0.2) is 46.6 Å². The van der Waals surface area contributed by atoms with Gasteiger partial charge in [-0.05, 0) is 36.8 Å². The zero-order valence-electron chi connectivity index (χ0n) is 14.8. The van der Waals surface area contributed by atoms with Gasteiger partial charge in [0.05, 0.1) is 18.7 Å². The lowest BCUT2D eigenvalue weighted by molar-refractivity contribution is 0.178. The quantitative estimate of drug-likeness (QED) is 0.558. The number of aromatic nitrogens is 2. The third-order valence-electron chi connectivity index (χ3n) is 3.82. The minimum Gasteiger partial charge on any atom is -0.487 e. The molecule has 27 heavy (non-hydrogen) atoms. The Balaban J connectivity index is 2.01. The molecule has 0 saturated heterocycles. The maximum atomic E-state index is 13.5. The van der Waals surface area contributed by atoms with E-state index in [1.165, 1.54) is 12.4 Å². The second kappa shape index (κ2) is 8.61. The van der Waals surface area contributed by atoms with Crippen LogP contribution >= 0.6 is 0 Å². The maximum absolute atomic E-state index is 13.5. The van der Waals surface area contributed by atoms with Crippen molar-refractivity contribution in [3.05, 3.63) is 48.0 Å². The minimum absolute atomic E-state index is 0.0919. The molecular formula is C19H20FN3O4. The first-order valence-electron chi connectivity index (χ1n) is 8.41. The van der Waals surface area contributed by atoms with Crippen molar-refractivity contribution < 1.29 is 24.1 Å². The fraction of sp³-hybridized carbons (Fsp3) is 0.263. The molecule has 0 spiro atoms. The molecule has 0 aliphatic heterocycles. The van der Waals surface area contributed by atoms with Crippen molar-refractivity contribution >= 4 is 22.4 Å². The summed E-state index contributed by atoms with van der Waals surface area (Å²) >= 11 is 0. The van der Waals surface area contributed by atoms with Gasteiger partial charge in [0.2, 0.25) is 0 Å². The van der Waals surface area contributed by atoms with Gasteiger partial charge in [0.15, 0.2) is 11.5 Å². The van der Waals surface area contributed by atoms with E-state index in [-0.39, 0.29) is 32.2 Å². The number of nitrogens with zero attached hydrogens (tertiary/aromatic N) is 2. The van der Waals surface area contributed by atoms with Gasteiger partial charge in [-0.15, -0.1) is 0 Å². The van der Waals surface area contributed by atoms with Crippen molar-refractivity contribution in [3.63, 3.8) is 0 Å². The standard InChI is InChI=1S/C19H20FN3O4/c1-12-8-13(2-3-15(12)20)23-19-14-9-17(26-6-4-24)18(27-7-5-25)10-16(14)21-11-22-19/h2-3,8-11,24-25H,4-7H2,1H3,(H,21,22,23). The Kier molecular flexibility index (Phi) is 6.00. The highest BCUT2D eigenvalue weighted by Crippen LogP contribution is 2.35. The zero-order valence-corrected chi connectivity index (χ0v) is 14.8. The zero-order chi connectivity index (χ0) is 19.2. The number of aryl methyl sites for hydroxylation is 1. The molecule has 8 heteroatoms. The molecule has 0 atom stereocenters. The van der Waals surface area contributed by atoms with E-state index in [0.29, 0.717) is 39.5 Å². The van der Waals surface area contributed by atoms with Crippen LogP contribution in [0, 0.1) is 12.7 Å². The molecule has 0 fully saturated rings. The van der Waals surface area contributed by atoms with Crippen molar-refractivity contribution in [2.24, 2.45) is 0 Å². The van der Waals surface area contributed by atoms with Gasteiger partial charge in [-0.2, -0.15) is 0 Å². The van der Waals surface area contributed by atoms with Gasteiger partial charge in [0.1, 0.15) is 31.2 Å². The van der Waals surface area contributed by atoms with Crippen LogP contribution in [0.1, 0.15) is 5.56 Å². The number of aliphatic hydroxyl groups is 2. The van der Waals surface area contributed by atoms with Gasteiger partial charge in [-0.1, -0.05) is 0 Å². The Hall–Kier alpha value is -2.97. The number of ether oxygens (including phenoxy) is 2. The molecule has 1 aromatic heterocycles. The second-order valence-corrected chi connectivity index (χ2v) is 5.77. The molecule has 142 valence electrons. The predicted molar refractivity (Wildman–Crippen MR) is 99.1 cm³/mol. The largest absolute Gasteiger partial charge is 0.487 e. The molecule has 3 rings (SSSR count). The number of anilines is 2. The van der Waals surface area contributed by atoms with E-state index in [2.05, 4.69) is 15.3 Å². The lowest BCUT2D eigenvalue weighted by atomic mass is 10.2. The first kappa shape index (κ1) is 18.8. The predicted octanol–water partition coefficient (Wildman–Crippen LogP) is 2.56. The molecule has 3 N–H and O–H groups in total. The molecule has 0 saturated carbocycles. The van der Waals surface area contributed by atoms with E-state index >= 15 is 0 Å². The summed E-state index contributed by atoms with van der Waals surface area (Å²) in [5, 5.41) is 21.8. The summed E-state index contributed by atoms with van der Waals surface area (Å²) < 4.78 is 24.5. The van der Waals surface area contributed by atoms with Gasteiger partial charge < -0.3 is 25.0 Å². The topological polar surface area (TPSA) is 96.7 Å². The molecule has 0 aliphatic carbocycles. The number of nitrogens with one attached hydrogen (secondary N) is 1. The number of hydrogen-bond donors (Lipinski definition) is 3. The Bertz CT molecular complexity index is 936. The lowest BCUT2D eigenvalue weighted by Gasteiger charge is -2.14. The molecule has 7 nitrogen and oxygen atoms in total. The van der Waals surface area contributed by atoms with Crippen LogP contribution < -0.4 is 14.8 Å². The maximum Gasteiger partial charge on any atom is 0.163 e. The molecule has 3 aromatic rings. The summed E-state index contributed by atoms with van der Waals surface area (Å²) in [6.07, 6.45) is 1.41. The highest BCUT2D eigenvalue weighted by Gasteiger charge is 2.13. The highest BCUT2D eigenvalue weighted by atomic mass is 19.1. The Morgan fingerprint density at radius 1 is 1.00 bits per heavy atom. The van der Waals surface area contributed by atoms with E-state index in [9.17, 15) is 4.39 Å². The minimum atomic E-state index is -0.279. The lowest BCUT2D eigenvalue weighted by Crippen LogP contribution is -2.07. The third kappa shape index (κ3) is 4.42. The Morgan fingerprint density at radius 2 is 1.70 bits per heavy atom. The molecule has 1 heterocycles. The third-order valence-corrected chi connectivity index (χ3v) is 3.82. The van der Waals surface area contributed by atoms with Gasteiger partial charge in [-0.3, -0.25) is 0 Å². The molecule has 0 amide bonds. The van der Waals surface area contributed by atoms with Crippen LogP contribution in [0.25, 0.3) is 10.9 Å². The summed E-state index contributed by atoms with van der Waals surface area (Å²) in [7, 11) is 0. The summed E-state index contributed by atoms with van der Waals surface area (Å²) in [5.41, 5.74) is 1.81. The number of benzene rings is 2. The molecule has 0 radical (unpaired) electrons. The van der Waals surface area contributed by atoms with Gasteiger partial charge in [0, 0.05) is 17.1 Å². The molecule has 0 bridgehead atoms. The van der Waals surface area contributed by atoms with Crippen LogP contribution in [-0.2, 0) is 0 Å². The molecular weight excluding hydrogens is 353 g/mol. The van der Waals surface area contributed by atoms with Gasteiger partial charge in [-0.25, -0.2) is 14.4 Å². The average molecular weight is 373 g/mol. The van der Waals surface area contributed by atoms with E-state index in [1.54, 1.807) is 31.2 Å². The first-order chi connectivity index (χ1) is 13.1. The SMILES string of the molecule is Cc1cc(Nc2ncnc3cc(OCCO)c(OCCO)cc23)ccc1F. The van der Waals surface area contributed by atoms with Crippen molar-refractivity contribution in [3.8, 4) is 11.5 Å². The average Bonchev–Trinajstić information content (AvgIpc) is 2.67. The summed E-state index contributed by atoms with van der Waals surface area (Å²) in [5.74, 6) is 1.05. The first-order valence-corrected chi connectivity index (χ1v) is 8.41. The van der Waals surface area contributed by atoms with Crippen LogP contribution in [0.3, 0.4) is 0 Å². The van der Waals surface area contributed by atoms with E-state index in [4.69, 9.17) is 19.7 Å². The van der Waals surface area contributed by atoms with Crippen molar-refractivity contribution in [2.75, 3.05) is 31.7 Å². The van der Waals surface area contributed by atoms with Crippen LogP contribution in [0.15, 0.2) is 36.7 Å². The Morgan fingerprint density at radius 3 is 2.37 bits per heavy atom. The van der Waals surface area contributed by atoms with Crippen LogP contribution in [0.4, 0.5) is 15.9 Å². The number of rotatable bonds is 8. The number of hydrogen-bond acceptors (Lipinski definition) is 7. The van der Waals surface area contributed by atoms with E-state index in [0.717, 1.165) is 0 Å². The number of fused-ring (bicyclic) bond motifs is 1. The van der Waals surface area contributed by atoms with Crippen molar-refractivity contribution in [2.45, 2.75) is 6.92 Å². The van der Waals surface area contributed by atoms with E-state index < -0.39 is 0 Å². The monoisotopic (exact) mass is 373 g/mol. The van der Waals surface area contributed by atoms with Gasteiger partial charge >= 0.3 is 0 Å². The fourth-order valence-electron chi connectivity index (χ4n) is 2.56. The summed E-state index contributed by atoms with van der Waals surface area (Å²) in [4.78, 5) is 8.51. The summed E-state index contributed by atoms with van der Waals surface area (Å²) in [6, 6.07) is 8.08. The van der Waals surface area contributed by atoms with Crippen molar-refractivity contribution in [1.82, 2.24) is 9.97 Å². The number of aliphatic hydroxyl groups excluding tert-OH is 2. The van der Waals surface area contributed by atoms with E-state index in [1.807, 2.05) is 0 Å². The smallest absolute Gasteiger partial charge is 0.163 e. The van der Waals surface area contributed by atoms with Gasteiger partial charge in [0.25, 0.3) is 0 Å². The molecule has 2 aromatic carbocycles. The normalized spacial score (nSPS) is 10.8. The second-order valence-electron chi connectivity index (χ2n) is 5.77. The van der Waals surface area contributed by atoms with Crippen LogP contribution in [0.2, 0.25) is 0 Å². The van der Waals surface area contributed by atoms with Crippen LogP contribution in [0.5, 0.6) is 11.5 Å². The fourth-order valence-corrected chi connectivity index (χ4v) is 2.56. The Labute approximate surface area is 155 Å². The van der Waals surface area contributed by atoms with Crippen molar-refractivity contribution in [1.29, 1.82) is 0 Å². The highest BCUT2D eigenvalue weighted by molar-refractivity contribution is 5.93.